The Morgan fingerprint density at radius 2 is 1.75 bits per heavy atom. The van der Waals surface area contributed by atoms with E-state index in [1.54, 1.807) is 12.1 Å². The highest BCUT2D eigenvalue weighted by Gasteiger charge is 2.23. The lowest BCUT2D eigenvalue weighted by Gasteiger charge is -2.12. The number of allylic oxidation sites excluding steroid dienone is 4. The van der Waals surface area contributed by atoms with E-state index in [0.29, 0.717) is 23.3 Å². The molecule has 1 aliphatic carbocycles. The number of aryl methyl sites for hydroxylation is 1. The number of rotatable bonds is 3. The van der Waals surface area contributed by atoms with Gasteiger partial charge < -0.3 is 0 Å². The highest BCUT2D eigenvalue weighted by atomic mass is 32.2. The average molecular weight is 347 g/mol. The van der Waals surface area contributed by atoms with Crippen molar-refractivity contribution >= 4 is 21.0 Å². The smallest absolute Gasteiger partial charge is 0.178 e. The van der Waals surface area contributed by atoms with Gasteiger partial charge in [-0.3, -0.25) is 4.98 Å². The summed E-state index contributed by atoms with van der Waals surface area (Å²) >= 11 is 0. The summed E-state index contributed by atoms with van der Waals surface area (Å²) in [5.74, 6) is -1.73. The summed E-state index contributed by atoms with van der Waals surface area (Å²) in [6.07, 6.45) is 5.09. The van der Waals surface area contributed by atoms with Crippen LogP contribution in [-0.4, -0.2) is 19.7 Å². The molecule has 0 bridgehead atoms. The summed E-state index contributed by atoms with van der Waals surface area (Å²) in [4.78, 5) is 3.78. The van der Waals surface area contributed by atoms with Crippen LogP contribution in [0, 0.1) is 18.6 Å². The predicted octanol–water partition coefficient (Wildman–Crippen LogP) is 3.94. The average Bonchev–Trinajstić information content (AvgIpc) is 2.97. The fourth-order valence-electron chi connectivity index (χ4n) is 2.72. The minimum absolute atomic E-state index is 0.0342. The standard InChI is InChI=1S/C18H15F2NO2S/c1-11-5-3-8-17(21-11)13-7-4-6-12(13)14-9-16(20)18(10-15(14)19)24(2,22)23/h3,5-10H,4H2,1-2H3. The number of benzene rings is 1. The molecule has 0 unspecified atom stereocenters. The number of aromatic nitrogens is 1. The number of halogens is 2. The van der Waals surface area contributed by atoms with E-state index in [-0.39, 0.29) is 5.56 Å². The second-order valence-electron chi connectivity index (χ2n) is 5.67. The summed E-state index contributed by atoms with van der Waals surface area (Å²) in [5, 5.41) is 0. The van der Waals surface area contributed by atoms with Crippen LogP contribution in [0.5, 0.6) is 0 Å². The van der Waals surface area contributed by atoms with Crippen LogP contribution in [0.1, 0.15) is 23.4 Å². The van der Waals surface area contributed by atoms with Crippen LogP contribution in [0.3, 0.4) is 0 Å². The van der Waals surface area contributed by atoms with Crippen LogP contribution >= 0.6 is 0 Å². The fourth-order valence-corrected chi connectivity index (χ4v) is 3.46. The molecule has 1 aromatic carbocycles. The Morgan fingerprint density at radius 1 is 1.04 bits per heavy atom. The zero-order valence-corrected chi connectivity index (χ0v) is 14.0. The molecule has 0 fully saturated rings. The molecule has 0 spiro atoms. The van der Waals surface area contributed by atoms with Gasteiger partial charge in [-0.15, -0.1) is 0 Å². The van der Waals surface area contributed by atoms with Crippen molar-refractivity contribution in [3.8, 4) is 0 Å². The largest absolute Gasteiger partial charge is 0.253 e. The van der Waals surface area contributed by atoms with E-state index >= 15 is 0 Å². The Balaban J connectivity index is 2.10. The van der Waals surface area contributed by atoms with Crippen molar-refractivity contribution < 1.29 is 17.2 Å². The normalized spacial score (nSPS) is 14.5. The number of sulfone groups is 1. The molecule has 1 aliphatic rings. The predicted molar refractivity (Wildman–Crippen MR) is 89.0 cm³/mol. The molecule has 1 aromatic heterocycles. The third-order valence-corrected chi connectivity index (χ3v) is 4.92. The molecule has 0 saturated carbocycles. The Hall–Kier alpha value is -2.34. The van der Waals surface area contributed by atoms with Gasteiger partial charge in [-0.1, -0.05) is 18.2 Å². The molecule has 0 saturated heterocycles. The molecule has 3 nitrogen and oxygen atoms in total. The van der Waals surface area contributed by atoms with Gasteiger partial charge in [0.2, 0.25) is 0 Å². The third-order valence-electron chi connectivity index (χ3n) is 3.81. The maximum atomic E-state index is 14.5. The van der Waals surface area contributed by atoms with Crippen molar-refractivity contribution in [2.45, 2.75) is 18.2 Å². The highest BCUT2D eigenvalue weighted by Crippen LogP contribution is 2.37. The third kappa shape index (κ3) is 3.01. The monoisotopic (exact) mass is 347 g/mol. The molecule has 3 rings (SSSR count). The van der Waals surface area contributed by atoms with Crippen molar-refractivity contribution in [1.82, 2.24) is 4.98 Å². The van der Waals surface area contributed by atoms with E-state index in [2.05, 4.69) is 4.98 Å². The van der Waals surface area contributed by atoms with Crippen molar-refractivity contribution in [3.63, 3.8) is 0 Å². The van der Waals surface area contributed by atoms with Gasteiger partial charge in [0.05, 0.1) is 5.69 Å². The molecular formula is C18H15F2NO2S. The van der Waals surface area contributed by atoms with E-state index in [1.165, 1.54) is 0 Å². The van der Waals surface area contributed by atoms with Crippen LogP contribution in [0.15, 0.2) is 47.4 Å². The van der Waals surface area contributed by atoms with E-state index in [1.807, 2.05) is 25.1 Å². The fraction of sp³-hybridized carbons (Fsp3) is 0.167. The molecular weight excluding hydrogens is 332 g/mol. The molecule has 124 valence electrons. The van der Waals surface area contributed by atoms with Crippen LogP contribution < -0.4 is 0 Å². The lowest BCUT2D eigenvalue weighted by molar-refractivity contribution is 0.554. The Kier molecular flexibility index (Phi) is 4.09. The molecule has 0 N–H and O–H groups in total. The molecule has 0 aliphatic heterocycles. The van der Waals surface area contributed by atoms with E-state index in [9.17, 15) is 17.2 Å². The van der Waals surface area contributed by atoms with Gasteiger partial charge >= 0.3 is 0 Å². The lowest BCUT2D eigenvalue weighted by atomic mass is 9.97. The first-order valence-corrected chi connectivity index (χ1v) is 9.20. The topological polar surface area (TPSA) is 47.0 Å². The van der Waals surface area contributed by atoms with Gasteiger partial charge in [0, 0.05) is 23.1 Å². The quantitative estimate of drug-likeness (QED) is 0.845. The maximum Gasteiger partial charge on any atom is 0.178 e. The van der Waals surface area contributed by atoms with Crippen molar-refractivity contribution in [1.29, 1.82) is 0 Å². The van der Waals surface area contributed by atoms with Crippen LogP contribution in [0.25, 0.3) is 11.1 Å². The van der Waals surface area contributed by atoms with Crippen molar-refractivity contribution in [2.75, 3.05) is 6.26 Å². The Labute approximate surface area is 139 Å². The van der Waals surface area contributed by atoms with Gasteiger partial charge in [-0.05, 0) is 43.2 Å². The van der Waals surface area contributed by atoms with Gasteiger partial charge in [0.25, 0.3) is 0 Å². The van der Waals surface area contributed by atoms with Crippen LogP contribution in [0.4, 0.5) is 8.78 Å². The lowest BCUT2D eigenvalue weighted by Crippen LogP contribution is -2.04. The molecule has 0 atom stereocenters. The summed E-state index contributed by atoms with van der Waals surface area (Å²) in [7, 11) is -3.83. The van der Waals surface area contributed by atoms with Crippen molar-refractivity contribution in [2.24, 2.45) is 0 Å². The second-order valence-corrected chi connectivity index (χ2v) is 7.65. The maximum absolute atomic E-state index is 14.5. The zero-order chi connectivity index (χ0) is 17.5. The van der Waals surface area contributed by atoms with Crippen LogP contribution in [-0.2, 0) is 9.84 Å². The van der Waals surface area contributed by atoms with Gasteiger partial charge in [-0.25, -0.2) is 17.2 Å². The Morgan fingerprint density at radius 3 is 2.42 bits per heavy atom. The SMILES string of the molecule is Cc1cccc(C2=CCC=C2c2cc(F)c(S(C)(=O)=O)cc2F)n1. The van der Waals surface area contributed by atoms with Gasteiger partial charge in [0.1, 0.15) is 16.5 Å². The number of hydrogen-bond donors (Lipinski definition) is 0. The van der Waals surface area contributed by atoms with E-state index in [4.69, 9.17) is 0 Å². The highest BCUT2D eigenvalue weighted by molar-refractivity contribution is 7.90. The number of hydrogen-bond acceptors (Lipinski definition) is 3. The minimum Gasteiger partial charge on any atom is -0.253 e. The van der Waals surface area contributed by atoms with Crippen molar-refractivity contribution in [3.05, 3.63) is 71.1 Å². The summed E-state index contributed by atoms with van der Waals surface area (Å²) in [5.41, 5.74) is 2.75. The van der Waals surface area contributed by atoms with E-state index < -0.39 is 26.4 Å². The number of nitrogens with zero attached hydrogens (tertiary/aromatic N) is 1. The molecule has 6 heteroatoms. The molecule has 1 heterocycles. The first kappa shape index (κ1) is 16.5. The molecule has 2 aromatic rings. The van der Waals surface area contributed by atoms with E-state index in [0.717, 1.165) is 24.1 Å². The zero-order valence-electron chi connectivity index (χ0n) is 13.2. The summed E-state index contributed by atoms with van der Waals surface area (Å²) in [6.45, 7) is 1.85. The van der Waals surface area contributed by atoms with Gasteiger partial charge in [-0.2, -0.15) is 0 Å². The summed E-state index contributed by atoms with van der Waals surface area (Å²) in [6, 6.07) is 7.17. The molecule has 0 amide bonds. The minimum atomic E-state index is -3.83. The first-order chi connectivity index (χ1) is 11.3. The first-order valence-electron chi connectivity index (χ1n) is 7.31. The molecule has 24 heavy (non-hydrogen) atoms. The second kappa shape index (κ2) is 5.94. The molecule has 0 radical (unpaired) electrons. The number of pyridine rings is 1. The van der Waals surface area contributed by atoms with Crippen LogP contribution in [0.2, 0.25) is 0 Å². The summed E-state index contributed by atoms with van der Waals surface area (Å²) < 4.78 is 51.7. The Bertz CT molecular complexity index is 992. The van der Waals surface area contributed by atoms with Gasteiger partial charge in [0.15, 0.2) is 9.84 Å².